The maximum atomic E-state index is 12.4. The van der Waals surface area contributed by atoms with Crippen LogP contribution in [0.4, 0.5) is 0 Å². The largest absolute Gasteiger partial charge is 0.357 e. The number of sulfone groups is 1. The van der Waals surface area contributed by atoms with E-state index in [9.17, 15) is 8.42 Å². The van der Waals surface area contributed by atoms with E-state index in [-0.39, 0.29) is 29.7 Å². The average Bonchev–Trinajstić information content (AvgIpc) is 2.69. The zero-order valence-corrected chi connectivity index (χ0v) is 20.2. The molecule has 6 nitrogen and oxygen atoms in total. The number of benzene rings is 1. The van der Waals surface area contributed by atoms with Gasteiger partial charge in [0, 0.05) is 25.7 Å². The molecule has 8 heteroatoms. The van der Waals surface area contributed by atoms with E-state index in [1.807, 2.05) is 13.0 Å². The Morgan fingerprint density at radius 3 is 2.61 bits per heavy atom. The normalized spacial score (nSPS) is 18.4. The van der Waals surface area contributed by atoms with Gasteiger partial charge in [0.05, 0.1) is 17.2 Å². The second-order valence-corrected chi connectivity index (χ2v) is 9.02. The van der Waals surface area contributed by atoms with Crippen molar-refractivity contribution in [3.05, 3.63) is 30.3 Å². The monoisotopic (exact) mass is 522 g/mol. The van der Waals surface area contributed by atoms with E-state index in [0.29, 0.717) is 23.4 Å². The molecule has 28 heavy (non-hydrogen) atoms. The van der Waals surface area contributed by atoms with Gasteiger partial charge in [-0.15, -0.1) is 24.0 Å². The standard InChI is InChI=1S/C20H34N4O2S.HI/c1-3-18-10-8-9-15-24(18)16-13-22-20(21-4-2)23-14-17-27(25,26)19-11-6-5-7-12-19;/h5-7,11-12,18H,3-4,8-10,13-17H2,1-2H3,(H2,21,22,23);1H. The Morgan fingerprint density at radius 2 is 1.93 bits per heavy atom. The predicted molar refractivity (Wildman–Crippen MR) is 127 cm³/mol. The van der Waals surface area contributed by atoms with E-state index in [4.69, 9.17) is 0 Å². The van der Waals surface area contributed by atoms with Gasteiger partial charge in [-0.3, -0.25) is 9.89 Å². The van der Waals surface area contributed by atoms with Gasteiger partial charge < -0.3 is 10.6 Å². The lowest BCUT2D eigenvalue weighted by Crippen LogP contribution is -2.42. The molecule has 160 valence electrons. The van der Waals surface area contributed by atoms with Crippen LogP contribution in [0.3, 0.4) is 0 Å². The lowest BCUT2D eigenvalue weighted by atomic mass is 10.0. The summed E-state index contributed by atoms with van der Waals surface area (Å²) in [5.41, 5.74) is 0. The summed E-state index contributed by atoms with van der Waals surface area (Å²) in [7, 11) is -3.27. The number of guanidine groups is 1. The molecule has 1 fully saturated rings. The molecule has 0 spiro atoms. The lowest BCUT2D eigenvalue weighted by molar-refractivity contribution is 0.148. The number of hydrogen-bond donors (Lipinski definition) is 2. The van der Waals surface area contributed by atoms with Crippen molar-refractivity contribution in [3.8, 4) is 0 Å². The fraction of sp³-hybridized carbons (Fsp3) is 0.650. The molecule has 1 heterocycles. The Labute approximate surface area is 187 Å². The summed E-state index contributed by atoms with van der Waals surface area (Å²) in [4.78, 5) is 7.53. The molecule has 1 aliphatic rings. The zero-order chi connectivity index (χ0) is 19.5. The highest BCUT2D eigenvalue weighted by molar-refractivity contribution is 14.0. The quantitative estimate of drug-likeness (QED) is 0.297. The molecule has 1 aromatic carbocycles. The van der Waals surface area contributed by atoms with Gasteiger partial charge in [-0.1, -0.05) is 31.5 Å². The smallest absolute Gasteiger partial charge is 0.191 e. The van der Waals surface area contributed by atoms with Crippen LogP contribution in [0.1, 0.15) is 39.5 Å². The van der Waals surface area contributed by atoms with Gasteiger partial charge in [0.2, 0.25) is 0 Å². The van der Waals surface area contributed by atoms with Crippen molar-refractivity contribution in [1.82, 2.24) is 15.5 Å². The highest BCUT2D eigenvalue weighted by atomic mass is 127. The number of likely N-dealkylation sites (tertiary alicyclic amines) is 1. The Bertz CT molecular complexity index is 683. The fourth-order valence-corrected chi connectivity index (χ4v) is 4.68. The predicted octanol–water partition coefficient (Wildman–Crippen LogP) is 2.90. The number of piperidine rings is 1. The van der Waals surface area contributed by atoms with E-state index in [1.165, 1.54) is 25.7 Å². The minimum absolute atomic E-state index is 0. The maximum Gasteiger partial charge on any atom is 0.191 e. The van der Waals surface area contributed by atoms with Crippen molar-refractivity contribution < 1.29 is 8.42 Å². The first-order valence-electron chi connectivity index (χ1n) is 10.1. The average molecular weight is 522 g/mol. The second-order valence-electron chi connectivity index (χ2n) is 6.91. The molecule has 0 radical (unpaired) electrons. The fourth-order valence-electron chi connectivity index (χ4n) is 3.50. The Kier molecular flexibility index (Phi) is 12.0. The molecule has 0 aromatic heterocycles. The minimum Gasteiger partial charge on any atom is -0.357 e. The highest BCUT2D eigenvalue weighted by Crippen LogP contribution is 2.18. The van der Waals surface area contributed by atoms with Gasteiger partial charge in [-0.25, -0.2) is 8.42 Å². The molecule has 1 aromatic rings. The summed E-state index contributed by atoms with van der Waals surface area (Å²) in [6.45, 7) is 8.19. The zero-order valence-electron chi connectivity index (χ0n) is 17.1. The summed E-state index contributed by atoms with van der Waals surface area (Å²) in [6, 6.07) is 9.26. The summed E-state index contributed by atoms with van der Waals surface area (Å²) < 4.78 is 24.7. The molecular weight excluding hydrogens is 487 g/mol. The second kappa shape index (κ2) is 13.4. The topological polar surface area (TPSA) is 73.8 Å². The van der Waals surface area contributed by atoms with E-state index >= 15 is 0 Å². The van der Waals surface area contributed by atoms with Crippen LogP contribution in [0.5, 0.6) is 0 Å². The van der Waals surface area contributed by atoms with Crippen LogP contribution in [0.2, 0.25) is 0 Å². The van der Waals surface area contributed by atoms with Gasteiger partial charge >= 0.3 is 0 Å². The molecule has 0 saturated carbocycles. The van der Waals surface area contributed by atoms with Crippen molar-refractivity contribution in [3.63, 3.8) is 0 Å². The van der Waals surface area contributed by atoms with Crippen molar-refractivity contribution in [1.29, 1.82) is 0 Å². The number of hydrogen-bond acceptors (Lipinski definition) is 4. The first kappa shape index (κ1) is 25.2. The van der Waals surface area contributed by atoms with Crippen LogP contribution in [-0.4, -0.2) is 63.8 Å². The molecule has 0 aliphatic carbocycles. The molecule has 0 amide bonds. The molecule has 1 unspecified atom stereocenters. The Balaban J connectivity index is 0.00000392. The minimum atomic E-state index is -3.27. The number of rotatable bonds is 9. The van der Waals surface area contributed by atoms with Crippen LogP contribution in [-0.2, 0) is 9.84 Å². The number of nitrogens with one attached hydrogen (secondary N) is 2. The molecule has 1 saturated heterocycles. The van der Waals surface area contributed by atoms with E-state index in [0.717, 1.165) is 26.2 Å². The Morgan fingerprint density at radius 1 is 1.18 bits per heavy atom. The van der Waals surface area contributed by atoms with Gasteiger partial charge in [0.15, 0.2) is 15.8 Å². The van der Waals surface area contributed by atoms with Crippen LogP contribution >= 0.6 is 24.0 Å². The van der Waals surface area contributed by atoms with Gasteiger partial charge in [0.1, 0.15) is 0 Å². The van der Waals surface area contributed by atoms with Crippen molar-refractivity contribution in [2.24, 2.45) is 4.99 Å². The van der Waals surface area contributed by atoms with E-state index in [1.54, 1.807) is 24.3 Å². The van der Waals surface area contributed by atoms with Gasteiger partial charge in [-0.05, 0) is 44.9 Å². The van der Waals surface area contributed by atoms with E-state index in [2.05, 4.69) is 27.4 Å². The van der Waals surface area contributed by atoms with Crippen LogP contribution in [0.15, 0.2) is 40.2 Å². The van der Waals surface area contributed by atoms with E-state index < -0.39 is 9.84 Å². The summed E-state index contributed by atoms with van der Waals surface area (Å²) >= 11 is 0. The van der Waals surface area contributed by atoms with Crippen LogP contribution in [0, 0.1) is 0 Å². The molecule has 2 rings (SSSR count). The number of nitrogens with zero attached hydrogens (tertiary/aromatic N) is 2. The van der Waals surface area contributed by atoms with Gasteiger partial charge in [0.25, 0.3) is 0 Å². The maximum absolute atomic E-state index is 12.4. The molecule has 1 atom stereocenters. The summed E-state index contributed by atoms with van der Waals surface area (Å²) in [6.07, 6.45) is 5.09. The first-order valence-corrected chi connectivity index (χ1v) is 11.8. The molecule has 2 N–H and O–H groups in total. The molecule has 1 aliphatic heterocycles. The number of aliphatic imine (C=N–C) groups is 1. The van der Waals surface area contributed by atoms with Crippen molar-refractivity contribution >= 4 is 39.8 Å². The van der Waals surface area contributed by atoms with Crippen molar-refractivity contribution in [2.75, 3.05) is 38.5 Å². The lowest BCUT2D eigenvalue weighted by Gasteiger charge is -2.34. The third-order valence-corrected chi connectivity index (χ3v) is 6.72. The first-order chi connectivity index (χ1) is 13.1. The van der Waals surface area contributed by atoms with Crippen molar-refractivity contribution in [2.45, 2.75) is 50.5 Å². The van der Waals surface area contributed by atoms with Crippen LogP contribution < -0.4 is 10.6 Å². The van der Waals surface area contributed by atoms with Crippen LogP contribution in [0.25, 0.3) is 0 Å². The Hall–Kier alpha value is -0.870. The summed E-state index contributed by atoms with van der Waals surface area (Å²) in [5.74, 6) is 0.733. The third-order valence-electron chi connectivity index (χ3n) is 4.99. The molecule has 0 bridgehead atoms. The summed E-state index contributed by atoms with van der Waals surface area (Å²) in [5, 5.41) is 6.35. The third kappa shape index (κ3) is 8.24. The highest BCUT2D eigenvalue weighted by Gasteiger charge is 2.20. The number of halogens is 1. The SMILES string of the molecule is CCNC(=NCCN1CCCCC1CC)NCCS(=O)(=O)c1ccccc1.I. The van der Waals surface area contributed by atoms with Gasteiger partial charge in [-0.2, -0.15) is 0 Å². The molecular formula is C20H35IN4O2S.